The number of fused-ring (bicyclic) bond motifs is 18. The molecule has 4 aliphatic rings. The molecule has 0 bridgehead atoms. The van der Waals surface area contributed by atoms with Crippen LogP contribution < -0.4 is 9.64 Å². The molecule has 3 heteroatoms. The third-order valence-corrected chi connectivity index (χ3v) is 15.6. The second kappa shape index (κ2) is 13.8. The number of hydrogen-bond acceptors (Lipinski definition) is 3. The van der Waals surface area contributed by atoms with Crippen molar-refractivity contribution in [1.29, 1.82) is 0 Å². The maximum absolute atomic E-state index is 6.68. The Hall–Kier alpha value is -7.85. The maximum atomic E-state index is 6.68. The largest absolute Gasteiger partial charge is 0.457 e. The maximum Gasteiger partial charge on any atom is 0.132 e. The molecule has 0 unspecified atom stereocenters. The van der Waals surface area contributed by atoms with Gasteiger partial charge in [0.05, 0.1) is 22.2 Å². The Morgan fingerprint density at radius 2 is 0.800 bits per heavy atom. The number of rotatable bonds is 4. The van der Waals surface area contributed by atoms with Gasteiger partial charge < -0.3 is 9.64 Å². The average molecular weight is 846 g/mol. The van der Waals surface area contributed by atoms with Gasteiger partial charge in [-0.2, -0.15) is 0 Å². The molecule has 0 aromatic heterocycles. The van der Waals surface area contributed by atoms with E-state index in [-0.39, 0.29) is 0 Å². The fraction of sp³-hybridized carbons (Fsp3) is 0.0323. The summed E-state index contributed by atoms with van der Waals surface area (Å²) in [6.07, 6.45) is 0. The topological polar surface area (TPSA) is 12.5 Å². The second-order valence-electron chi connectivity index (χ2n) is 17.4. The summed E-state index contributed by atoms with van der Waals surface area (Å²) in [7, 11) is 0. The van der Waals surface area contributed by atoms with E-state index in [2.05, 4.69) is 241 Å². The van der Waals surface area contributed by atoms with Gasteiger partial charge in [-0.25, -0.2) is 0 Å². The summed E-state index contributed by atoms with van der Waals surface area (Å²) in [5.41, 5.74) is 19.8. The highest BCUT2D eigenvalue weighted by atomic mass is 32.2. The van der Waals surface area contributed by atoms with Crippen LogP contribution in [0.3, 0.4) is 0 Å². The lowest BCUT2D eigenvalue weighted by atomic mass is 9.66. The molecule has 2 nitrogen and oxygen atoms in total. The Morgan fingerprint density at radius 3 is 1.49 bits per heavy atom. The minimum atomic E-state index is -0.554. The molecule has 0 amide bonds. The summed E-state index contributed by atoms with van der Waals surface area (Å²) >= 11 is 1.88. The van der Waals surface area contributed by atoms with Gasteiger partial charge in [0.2, 0.25) is 0 Å². The van der Waals surface area contributed by atoms with E-state index in [1.807, 2.05) is 11.8 Å². The van der Waals surface area contributed by atoms with Crippen molar-refractivity contribution in [2.45, 2.75) is 20.6 Å². The summed E-state index contributed by atoms with van der Waals surface area (Å²) in [6.45, 7) is 0. The molecule has 2 aliphatic carbocycles. The Kier molecular flexibility index (Phi) is 7.79. The van der Waals surface area contributed by atoms with Crippen LogP contribution >= 0.6 is 11.8 Å². The monoisotopic (exact) mass is 845 g/mol. The van der Waals surface area contributed by atoms with Crippen LogP contribution in [0.1, 0.15) is 44.5 Å². The highest BCUT2D eigenvalue weighted by Crippen LogP contribution is 2.66. The summed E-state index contributed by atoms with van der Waals surface area (Å²) in [6, 6.07) is 87.5. The third-order valence-electron chi connectivity index (χ3n) is 14.4. The lowest BCUT2D eigenvalue weighted by Gasteiger charge is -2.40. The first-order valence-corrected chi connectivity index (χ1v) is 23.2. The number of anilines is 3. The molecule has 0 saturated carbocycles. The molecule has 0 atom stereocenters. The summed E-state index contributed by atoms with van der Waals surface area (Å²) in [5.74, 6) is 1.79. The van der Waals surface area contributed by atoms with Gasteiger partial charge in [0.25, 0.3) is 0 Å². The molecule has 2 heterocycles. The Morgan fingerprint density at radius 1 is 0.323 bits per heavy atom. The summed E-state index contributed by atoms with van der Waals surface area (Å²) < 4.78 is 6.68. The van der Waals surface area contributed by atoms with Crippen molar-refractivity contribution in [1.82, 2.24) is 0 Å². The van der Waals surface area contributed by atoms with Crippen LogP contribution in [0, 0.1) is 0 Å². The first-order valence-electron chi connectivity index (χ1n) is 22.4. The van der Waals surface area contributed by atoms with Gasteiger partial charge in [-0.15, -0.1) is 0 Å². The smallest absolute Gasteiger partial charge is 0.132 e. The zero-order valence-corrected chi connectivity index (χ0v) is 36.1. The lowest BCUT2D eigenvalue weighted by molar-refractivity contribution is 0.436. The minimum absolute atomic E-state index is 0.502. The number of nitrogens with zero attached hydrogens (tertiary/aromatic N) is 1. The molecule has 2 aliphatic heterocycles. The predicted octanol–water partition coefficient (Wildman–Crippen LogP) is 16.1. The molecule has 10 aromatic carbocycles. The normalized spacial score (nSPS) is 14.5. The van der Waals surface area contributed by atoms with Crippen LogP contribution in [0.5, 0.6) is 11.5 Å². The number of hydrogen-bond donors (Lipinski definition) is 0. The first kappa shape index (κ1) is 36.6. The van der Waals surface area contributed by atoms with Gasteiger partial charge >= 0.3 is 0 Å². The van der Waals surface area contributed by atoms with Crippen molar-refractivity contribution in [2.24, 2.45) is 0 Å². The predicted molar refractivity (Wildman–Crippen MR) is 265 cm³/mol. The number of benzene rings is 10. The van der Waals surface area contributed by atoms with Crippen molar-refractivity contribution < 1.29 is 4.74 Å². The molecule has 0 N–H and O–H groups in total. The average Bonchev–Trinajstić information content (AvgIpc) is 3.83. The molecule has 14 rings (SSSR count). The van der Waals surface area contributed by atoms with Crippen LogP contribution in [-0.4, -0.2) is 0 Å². The van der Waals surface area contributed by atoms with E-state index >= 15 is 0 Å². The van der Waals surface area contributed by atoms with E-state index in [9.17, 15) is 0 Å². The van der Waals surface area contributed by atoms with E-state index in [0.29, 0.717) is 0 Å². The van der Waals surface area contributed by atoms with Gasteiger partial charge in [-0.1, -0.05) is 200 Å². The van der Waals surface area contributed by atoms with E-state index in [1.54, 1.807) is 0 Å². The fourth-order valence-corrected chi connectivity index (χ4v) is 13.2. The molecule has 0 saturated heterocycles. The highest BCUT2D eigenvalue weighted by molar-refractivity contribution is 7.99. The summed E-state index contributed by atoms with van der Waals surface area (Å²) in [5, 5.41) is 0. The molecule has 2 spiro atoms. The molecule has 304 valence electrons. The van der Waals surface area contributed by atoms with Crippen molar-refractivity contribution in [3.05, 3.63) is 281 Å². The molecule has 0 fully saturated rings. The molecule has 10 aromatic rings. The van der Waals surface area contributed by atoms with E-state index in [4.69, 9.17) is 4.74 Å². The first-order chi connectivity index (χ1) is 32.3. The summed E-state index contributed by atoms with van der Waals surface area (Å²) in [4.78, 5) is 5.15. The lowest BCUT2D eigenvalue weighted by Crippen LogP contribution is -2.32. The second-order valence-corrected chi connectivity index (χ2v) is 18.5. The minimum Gasteiger partial charge on any atom is -0.457 e. The fourth-order valence-electron chi connectivity index (χ4n) is 12.0. The Balaban J connectivity index is 1.08. The number of ether oxygens (including phenoxy) is 1. The van der Waals surface area contributed by atoms with Gasteiger partial charge in [0.15, 0.2) is 0 Å². The van der Waals surface area contributed by atoms with E-state index in [1.165, 1.54) is 76.6 Å². The quantitative estimate of drug-likeness (QED) is 0.175. The molecular formula is C62H39NOS. The van der Waals surface area contributed by atoms with Crippen LogP contribution in [0.4, 0.5) is 17.1 Å². The molecule has 65 heavy (non-hydrogen) atoms. The molecular weight excluding hydrogens is 807 g/mol. The number of para-hydroxylation sites is 3. The van der Waals surface area contributed by atoms with Crippen molar-refractivity contribution in [3.8, 4) is 44.9 Å². The van der Waals surface area contributed by atoms with Crippen LogP contribution in [0.2, 0.25) is 0 Å². The van der Waals surface area contributed by atoms with Gasteiger partial charge in [-0.05, 0) is 104 Å². The zero-order valence-electron chi connectivity index (χ0n) is 35.3. The van der Waals surface area contributed by atoms with Crippen LogP contribution in [0.15, 0.2) is 246 Å². The molecule has 0 radical (unpaired) electrons. The van der Waals surface area contributed by atoms with Gasteiger partial charge in [-0.3, -0.25) is 0 Å². The van der Waals surface area contributed by atoms with Crippen molar-refractivity contribution in [3.63, 3.8) is 0 Å². The Labute approximate surface area is 383 Å². The van der Waals surface area contributed by atoms with Gasteiger partial charge in [0.1, 0.15) is 11.5 Å². The Bertz CT molecular complexity index is 3500. The zero-order chi connectivity index (χ0) is 42.7. The van der Waals surface area contributed by atoms with Crippen LogP contribution in [-0.2, 0) is 10.8 Å². The SMILES string of the molecule is c1ccc(-c2ccccc2N(c2ccc3c(c2)-c2ccccc2C32c3ccccc3Oc3ccccc32)c2cccc3c2-c2ccccc2C32c3ccccc3Sc3ccccc32)cc1. The van der Waals surface area contributed by atoms with E-state index < -0.39 is 10.8 Å². The van der Waals surface area contributed by atoms with Crippen molar-refractivity contribution >= 4 is 28.8 Å². The van der Waals surface area contributed by atoms with Gasteiger partial charge in [0, 0.05) is 37.7 Å². The van der Waals surface area contributed by atoms with Crippen LogP contribution in [0.25, 0.3) is 33.4 Å². The van der Waals surface area contributed by atoms with Crippen molar-refractivity contribution in [2.75, 3.05) is 4.90 Å². The standard InChI is InChI=1S/C62H39NOS/c1-2-19-40(20-3-1)42-21-6-13-31-54(42)63(41-37-38-48-45(39-41)43-22-4-7-24-46(43)61(48)49-26-9-14-33-56(49)64-57-34-15-10-27-50(57)61)55-32-18-30-53-60(55)44-23-5-8-25-47(44)62(53)51-28-11-16-35-58(51)65-59-36-17-12-29-52(59)62/h1-39H. The highest BCUT2D eigenvalue weighted by Gasteiger charge is 2.53. The van der Waals surface area contributed by atoms with E-state index in [0.717, 1.165) is 39.7 Å². The third kappa shape index (κ3) is 4.86.